The third kappa shape index (κ3) is 3.48. The average Bonchev–Trinajstić information content (AvgIpc) is 2.65. The van der Waals surface area contributed by atoms with Crippen LogP contribution in [0.5, 0.6) is 0 Å². The van der Waals surface area contributed by atoms with Crippen LogP contribution in [0.1, 0.15) is 65.2 Å². The smallest absolute Gasteiger partial charge is 0.00722 e. The molecule has 1 nitrogen and oxygen atoms in total. The summed E-state index contributed by atoms with van der Waals surface area (Å²) in [6.07, 6.45) is 11.6. The van der Waals surface area contributed by atoms with Gasteiger partial charge in [0.1, 0.15) is 0 Å². The van der Waals surface area contributed by atoms with Crippen molar-refractivity contribution in [2.45, 2.75) is 71.3 Å². The minimum atomic E-state index is 0.589. The Hall–Kier alpha value is -0.0400. The summed E-state index contributed by atoms with van der Waals surface area (Å²) in [5, 5.41) is 3.82. The first-order valence-corrected chi connectivity index (χ1v) is 6.89. The van der Waals surface area contributed by atoms with Crippen molar-refractivity contribution in [3.05, 3.63) is 0 Å². The van der Waals surface area contributed by atoms with Crippen molar-refractivity contribution in [1.29, 1.82) is 0 Å². The van der Waals surface area contributed by atoms with Gasteiger partial charge in [-0.25, -0.2) is 0 Å². The summed E-state index contributed by atoms with van der Waals surface area (Å²) in [5.74, 6) is 0.995. The Balaban J connectivity index is 1.69. The van der Waals surface area contributed by atoms with E-state index in [0.29, 0.717) is 5.41 Å². The molecular formula is C14H27N. The van der Waals surface area contributed by atoms with Crippen LogP contribution in [-0.2, 0) is 0 Å². The van der Waals surface area contributed by atoms with Crippen LogP contribution in [0.3, 0.4) is 0 Å². The van der Waals surface area contributed by atoms with E-state index >= 15 is 0 Å². The van der Waals surface area contributed by atoms with Crippen LogP contribution >= 0.6 is 0 Å². The Morgan fingerprint density at radius 3 is 2.47 bits per heavy atom. The second kappa shape index (κ2) is 4.86. The van der Waals surface area contributed by atoms with Gasteiger partial charge in [0, 0.05) is 6.04 Å². The molecule has 1 N–H and O–H groups in total. The molecule has 0 aromatic heterocycles. The zero-order chi connectivity index (χ0) is 10.7. The molecule has 1 unspecified atom stereocenters. The van der Waals surface area contributed by atoms with E-state index in [-0.39, 0.29) is 0 Å². The van der Waals surface area contributed by atoms with Crippen LogP contribution in [0.2, 0.25) is 0 Å². The van der Waals surface area contributed by atoms with E-state index in [1.54, 1.807) is 0 Å². The first-order chi connectivity index (χ1) is 7.16. The average molecular weight is 209 g/mol. The van der Waals surface area contributed by atoms with Crippen molar-refractivity contribution >= 4 is 0 Å². The third-order valence-corrected chi connectivity index (χ3v) is 4.38. The Kier molecular flexibility index (Phi) is 3.71. The fourth-order valence-electron chi connectivity index (χ4n) is 3.42. The molecule has 0 aliphatic heterocycles. The summed E-state index contributed by atoms with van der Waals surface area (Å²) < 4.78 is 0. The van der Waals surface area contributed by atoms with Gasteiger partial charge in [0.05, 0.1) is 0 Å². The molecule has 88 valence electrons. The Labute approximate surface area is 95.0 Å². The molecule has 2 saturated carbocycles. The first kappa shape index (κ1) is 11.4. The quantitative estimate of drug-likeness (QED) is 0.746. The Morgan fingerprint density at radius 2 is 1.80 bits per heavy atom. The van der Waals surface area contributed by atoms with Gasteiger partial charge in [0.25, 0.3) is 0 Å². The fraction of sp³-hybridized carbons (Fsp3) is 1.00. The van der Waals surface area contributed by atoms with Gasteiger partial charge in [0.15, 0.2) is 0 Å². The van der Waals surface area contributed by atoms with E-state index in [2.05, 4.69) is 19.2 Å². The molecule has 0 spiro atoms. The minimum absolute atomic E-state index is 0.589. The molecule has 0 aromatic rings. The van der Waals surface area contributed by atoms with Gasteiger partial charge >= 0.3 is 0 Å². The van der Waals surface area contributed by atoms with Crippen molar-refractivity contribution in [1.82, 2.24) is 5.32 Å². The Bertz CT molecular complexity index is 192. The van der Waals surface area contributed by atoms with E-state index in [1.165, 1.54) is 57.9 Å². The molecule has 0 aromatic carbocycles. The minimum Gasteiger partial charge on any atom is -0.314 e. The van der Waals surface area contributed by atoms with Crippen LogP contribution in [0.4, 0.5) is 0 Å². The van der Waals surface area contributed by atoms with Gasteiger partial charge in [-0.1, -0.05) is 33.1 Å². The molecule has 2 fully saturated rings. The molecule has 2 aliphatic rings. The lowest BCUT2D eigenvalue weighted by molar-refractivity contribution is 0.194. The summed E-state index contributed by atoms with van der Waals surface area (Å²) in [6.45, 7) is 6.15. The van der Waals surface area contributed by atoms with Crippen LogP contribution in [0.15, 0.2) is 0 Å². The molecular weight excluding hydrogens is 182 g/mol. The van der Waals surface area contributed by atoms with Crippen molar-refractivity contribution < 1.29 is 0 Å². The van der Waals surface area contributed by atoms with Gasteiger partial charge < -0.3 is 5.32 Å². The maximum atomic E-state index is 3.82. The van der Waals surface area contributed by atoms with Gasteiger partial charge in [-0.2, -0.15) is 0 Å². The number of nitrogens with one attached hydrogen (secondary N) is 1. The zero-order valence-corrected chi connectivity index (χ0v) is 10.5. The maximum Gasteiger partial charge on any atom is 0.00722 e. The highest BCUT2D eigenvalue weighted by Gasteiger charge is 2.28. The number of rotatable bonds is 3. The standard InChI is InChI=1S/C14H27N/c1-14(2)9-5-8-13(10-14)15-11-12-6-3-4-7-12/h12-13,15H,3-11H2,1-2H3. The summed E-state index contributed by atoms with van der Waals surface area (Å²) in [5.41, 5.74) is 0.589. The van der Waals surface area contributed by atoms with Gasteiger partial charge in [-0.3, -0.25) is 0 Å². The number of hydrogen-bond donors (Lipinski definition) is 1. The second-order valence-electron chi connectivity index (χ2n) is 6.52. The van der Waals surface area contributed by atoms with Crippen molar-refractivity contribution in [3.8, 4) is 0 Å². The summed E-state index contributed by atoms with van der Waals surface area (Å²) in [4.78, 5) is 0. The monoisotopic (exact) mass is 209 g/mol. The Morgan fingerprint density at radius 1 is 1.07 bits per heavy atom. The SMILES string of the molecule is CC1(C)CCCC(NCC2CCCC2)C1. The molecule has 1 atom stereocenters. The van der Waals surface area contributed by atoms with E-state index in [0.717, 1.165) is 12.0 Å². The lowest BCUT2D eigenvalue weighted by Gasteiger charge is -2.36. The molecule has 0 bridgehead atoms. The van der Waals surface area contributed by atoms with Crippen molar-refractivity contribution in [2.75, 3.05) is 6.54 Å². The molecule has 15 heavy (non-hydrogen) atoms. The van der Waals surface area contributed by atoms with Crippen LogP contribution < -0.4 is 5.32 Å². The molecule has 0 heterocycles. The van der Waals surface area contributed by atoms with Crippen molar-refractivity contribution in [2.24, 2.45) is 11.3 Å². The van der Waals surface area contributed by atoms with Crippen molar-refractivity contribution in [3.63, 3.8) is 0 Å². The summed E-state index contributed by atoms with van der Waals surface area (Å²) in [7, 11) is 0. The van der Waals surface area contributed by atoms with Crippen LogP contribution in [-0.4, -0.2) is 12.6 Å². The maximum absolute atomic E-state index is 3.82. The molecule has 0 saturated heterocycles. The zero-order valence-electron chi connectivity index (χ0n) is 10.5. The highest BCUT2D eigenvalue weighted by Crippen LogP contribution is 2.35. The van der Waals surface area contributed by atoms with E-state index in [9.17, 15) is 0 Å². The highest BCUT2D eigenvalue weighted by molar-refractivity contribution is 4.84. The molecule has 2 aliphatic carbocycles. The first-order valence-electron chi connectivity index (χ1n) is 6.89. The lowest BCUT2D eigenvalue weighted by Crippen LogP contribution is -2.39. The normalized spacial score (nSPS) is 32.0. The highest BCUT2D eigenvalue weighted by atomic mass is 14.9. The van der Waals surface area contributed by atoms with E-state index < -0.39 is 0 Å². The molecule has 0 radical (unpaired) electrons. The molecule has 0 amide bonds. The van der Waals surface area contributed by atoms with E-state index in [4.69, 9.17) is 0 Å². The molecule has 1 heteroatoms. The number of hydrogen-bond acceptors (Lipinski definition) is 1. The molecule has 2 rings (SSSR count). The fourth-order valence-corrected chi connectivity index (χ4v) is 3.42. The largest absolute Gasteiger partial charge is 0.314 e. The van der Waals surface area contributed by atoms with Gasteiger partial charge in [-0.15, -0.1) is 0 Å². The predicted molar refractivity (Wildman–Crippen MR) is 66.0 cm³/mol. The van der Waals surface area contributed by atoms with Gasteiger partial charge in [-0.05, 0) is 50.0 Å². The summed E-state index contributed by atoms with van der Waals surface area (Å²) >= 11 is 0. The second-order valence-corrected chi connectivity index (χ2v) is 6.52. The van der Waals surface area contributed by atoms with E-state index in [1.807, 2.05) is 0 Å². The summed E-state index contributed by atoms with van der Waals surface area (Å²) in [6, 6.07) is 0.814. The van der Waals surface area contributed by atoms with Crippen LogP contribution in [0, 0.1) is 11.3 Å². The topological polar surface area (TPSA) is 12.0 Å². The predicted octanol–water partition coefficient (Wildman–Crippen LogP) is 3.74. The van der Waals surface area contributed by atoms with Gasteiger partial charge in [0.2, 0.25) is 0 Å². The third-order valence-electron chi connectivity index (χ3n) is 4.38. The lowest BCUT2D eigenvalue weighted by atomic mass is 9.75. The van der Waals surface area contributed by atoms with Crippen LogP contribution in [0.25, 0.3) is 0 Å².